The van der Waals surface area contributed by atoms with Crippen molar-refractivity contribution < 1.29 is 14.3 Å². The molecular formula is C13H19BrN2O3. The van der Waals surface area contributed by atoms with Crippen LogP contribution in [0.2, 0.25) is 0 Å². The van der Waals surface area contributed by atoms with Crippen LogP contribution in [0, 0.1) is 0 Å². The number of carbonyl (C=O) groups excluding carboxylic acids is 1. The summed E-state index contributed by atoms with van der Waals surface area (Å²) in [6.45, 7) is 5.66. The van der Waals surface area contributed by atoms with E-state index in [0.29, 0.717) is 29.9 Å². The quantitative estimate of drug-likeness (QED) is 0.910. The molecule has 1 amide bonds. The zero-order valence-electron chi connectivity index (χ0n) is 11.0. The summed E-state index contributed by atoms with van der Waals surface area (Å²) in [5.74, 6) is 0.00476. The highest BCUT2D eigenvalue weighted by Crippen LogP contribution is 2.16. The number of aliphatic hydroxyl groups is 1. The second-order valence-corrected chi connectivity index (χ2v) is 5.58. The number of β-amino-alcohol motifs (C(OH)–C–C–N with tert-alkyl or cyclic N) is 1. The molecule has 1 fully saturated rings. The van der Waals surface area contributed by atoms with Gasteiger partial charge in [0.2, 0.25) is 0 Å². The molecule has 0 bridgehead atoms. The Hall–Kier alpha value is -0.850. The van der Waals surface area contributed by atoms with Crippen LogP contribution in [0.5, 0.6) is 0 Å². The van der Waals surface area contributed by atoms with E-state index in [0.717, 1.165) is 19.5 Å². The lowest BCUT2D eigenvalue weighted by atomic mass is 10.2. The SMILES string of the molecule is CC[C@H](O)CN1CCN(C(=O)c2coc(Br)c2)CC1. The normalized spacial score (nSPS) is 18.6. The standard InChI is InChI=1S/C13H19BrN2O3/c1-2-11(17)8-15-3-5-16(6-4-15)13(18)10-7-12(14)19-9-10/h7,9,11,17H,2-6,8H2,1H3/t11-/m0/s1. The van der Waals surface area contributed by atoms with Gasteiger partial charge in [0, 0.05) is 38.8 Å². The molecule has 0 unspecified atom stereocenters. The van der Waals surface area contributed by atoms with Gasteiger partial charge in [-0.25, -0.2) is 0 Å². The van der Waals surface area contributed by atoms with E-state index < -0.39 is 0 Å². The van der Waals surface area contributed by atoms with Gasteiger partial charge in [0.05, 0.1) is 11.7 Å². The molecule has 2 rings (SSSR count). The first-order valence-electron chi connectivity index (χ1n) is 6.54. The first-order valence-corrected chi connectivity index (χ1v) is 7.33. The van der Waals surface area contributed by atoms with Gasteiger partial charge < -0.3 is 14.4 Å². The maximum Gasteiger partial charge on any atom is 0.257 e. The number of hydrogen-bond acceptors (Lipinski definition) is 4. The van der Waals surface area contributed by atoms with Crippen molar-refractivity contribution in [3.63, 3.8) is 0 Å². The zero-order chi connectivity index (χ0) is 13.8. The minimum absolute atomic E-state index is 0.00476. The Bertz CT molecular complexity index is 427. The molecule has 1 saturated heterocycles. The van der Waals surface area contributed by atoms with Crippen molar-refractivity contribution in [3.05, 3.63) is 22.6 Å². The van der Waals surface area contributed by atoms with Crippen molar-refractivity contribution in [1.29, 1.82) is 0 Å². The lowest BCUT2D eigenvalue weighted by Gasteiger charge is -2.35. The average molecular weight is 331 g/mol. The molecule has 19 heavy (non-hydrogen) atoms. The maximum atomic E-state index is 12.2. The van der Waals surface area contributed by atoms with Crippen molar-refractivity contribution in [2.24, 2.45) is 0 Å². The maximum absolute atomic E-state index is 12.2. The molecule has 1 atom stereocenters. The van der Waals surface area contributed by atoms with Crippen LogP contribution in [0.4, 0.5) is 0 Å². The van der Waals surface area contributed by atoms with Crippen molar-refractivity contribution in [3.8, 4) is 0 Å². The minimum atomic E-state index is -0.271. The molecule has 0 radical (unpaired) electrons. The Morgan fingerprint density at radius 3 is 2.68 bits per heavy atom. The number of carbonyl (C=O) groups is 1. The predicted molar refractivity (Wildman–Crippen MR) is 75.0 cm³/mol. The highest BCUT2D eigenvalue weighted by atomic mass is 79.9. The molecule has 6 heteroatoms. The van der Waals surface area contributed by atoms with Crippen LogP contribution in [-0.4, -0.2) is 59.6 Å². The van der Waals surface area contributed by atoms with E-state index in [4.69, 9.17) is 4.42 Å². The Labute approximate surface area is 121 Å². The van der Waals surface area contributed by atoms with Crippen LogP contribution >= 0.6 is 15.9 Å². The van der Waals surface area contributed by atoms with Crippen LogP contribution in [-0.2, 0) is 0 Å². The van der Waals surface area contributed by atoms with E-state index in [9.17, 15) is 9.90 Å². The molecule has 106 valence electrons. The summed E-state index contributed by atoms with van der Waals surface area (Å²) in [5.41, 5.74) is 0.578. The van der Waals surface area contributed by atoms with Crippen molar-refractivity contribution in [2.45, 2.75) is 19.4 Å². The van der Waals surface area contributed by atoms with Crippen LogP contribution in [0.25, 0.3) is 0 Å². The van der Waals surface area contributed by atoms with Crippen LogP contribution in [0.3, 0.4) is 0 Å². The molecule has 1 aromatic heterocycles. The van der Waals surface area contributed by atoms with Gasteiger partial charge in [-0.1, -0.05) is 6.92 Å². The number of aliphatic hydroxyl groups excluding tert-OH is 1. The Kier molecular flexibility index (Phi) is 5.01. The minimum Gasteiger partial charge on any atom is -0.457 e. The van der Waals surface area contributed by atoms with Gasteiger partial charge in [-0.3, -0.25) is 9.69 Å². The smallest absolute Gasteiger partial charge is 0.257 e. The summed E-state index contributed by atoms with van der Waals surface area (Å²) in [6, 6.07) is 1.69. The third-order valence-electron chi connectivity index (χ3n) is 3.41. The number of piperazine rings is 1. The number of halogens is 1. The van der Waals surface area contributed by atoms with E-state index in [1.807, 2.05) is 11.8 Å². The van der Waals surface area contributed by atoms with E-state index in [-0.39, 0.29) is 12.0 Å². The zero-order valence-corrected chi connectivity index (χ0v) is 12.6. The molecule has 1 aliphatic heterocycles. The van der Waals surface area contributed by atoms with Gasteiger partial charge in [0.15, 0.2) is 4.67 Å². The fourth-order valence-electron chi connectivity index (χ4n) is 2.17. The molecule has 2 heterocycles. The molecule has 5 nitrogen and oxygen atoms in total. The topological polar surface area (TPSA) is 56.9 Å². The fraction of sp³-hybridized carbons (Fsp3) is 0.615. The second-order valence-electron chi connectivity index (χ2n) is 4.79. The molecular weight excluding hydrogens is 312 g/mol. The number of amides is 1. The number of nitrogens with zero attached hydrogens (tertiary/aromatic N) is 2. The molecule has 1 aliphatic rings. The average Bonchev–Trinajstić information content (AvgIpc) is 2.85. The van der Waals surface area contributed by atoms with Gasteiger partial charge in [-0.15, -0.1) is 0 Å². The summed E-state index contributed by atoms with van der Waals surface area (Å²) >= 11 is 3.20. The van der Waals surface area contributed by atoms with Crippen LogP contribution in [0.15, 0.2) is 21.4 Å². The van der Waals surface area contributed by atoms with E-state index in [2.05, 4.69) is 20.8 Å². The third-order valence-corrected chi connectivity index (χ3v) is 3.83. The van der Waals surface area contributed by atoms with E-state index >= 15 is 0 Å². The van der Waals surface area contributed by atoms with E-state index in [1.54, 1.807) is 6.07 Å². The molecule has 0 aromatic carbocycles. The summed E-state index contributed by atoms with van der Waals surface area (Å²) < 4.78 is 5.66. The molecule has 1 N–H and O–H groups in total. The van der Waals surface area contributed by atoms with Crippen molar-refractivity contribution in [2.75, 3.05) is 32.7 Å². The van der Waals surface area contributed by atoms with Gasteiger partial charge in [0.1, 0.15) is 6.26 Å². The van der Waals surface area contributed by atoms with Gasteiger partial charge in [-0.2, -0.15) is 0 Å². The Morgan fingerprint density at radius 1 is 1.47 bits per heavy atom. The number of furan rings is 1. The van der Waals surface area contributed by atoms with Crippen LogP contribution < -0.4 is 0 Å². The molecule has 0 aliphatic carbocycles. The van der Waals surface area contributed by atoms with Gasteiger partial charge >= 0.3 is 0 Å². The number of hydrogen-bond donors (Lipinski definition) is 1. The van der Waals surface area contributed by atoms with Gasteiger partial charge in [0.25, 0.3) is 5.91 Å². The van der Waals surface area contributed by atoms with Crippen molar-refractivity contribution >= 4 is 21.8 Å². The summed E-state index contributed by atoms with van der Waals surface area (Å²) in [5, 5.41) is 9.63. The lowest BCUT2D eigenvalue weighted by molar-refractivity contribution is 0.0523. The fourth-order valence-corrected chi connectivity index (χ4v) is 2.51. The highest BCUT2D eigenvalue weighted by Gasteiger charge is 2.23. The largest absolute Gasteiger partial charge is 0.457 e. The summed E-state index contributed by atoms with van der Waals surface area (Å²) in [7, 11) is 0. The van der Waals surface area contributed by atoms with E-state index in [1.165, 1.54) is 6.26 Å². The predicted octanol–water partition coefficient (Wildman–Crippen LogP) is 1.57. The van der Waals surface area contributed by atoms with Crippen LogP contribution in [0.1, 0.15) is 23.7 Å². The molecule has 0 spiro atoms. The highest BCUT2D eigenvalue weighted by molar-refractivity contribution is 9.10. The van der Waals surface area contributed by atoms with Crippen molar-refractivity contribution in [1.82, 2.24) is 9.80 Å². The Morgan fingerprint density at radius 2 is 2.16 bits per heavy atom. The number of rotatable bonds is 4. The lowest BCUT2D eigenvalue weighted by Crippen LogP contribution is -2.50. The first kappa shape index (κ1) is 14.6. The third kappa shape index (κ3) is 3.81. The second kappa shape index (κ2) is 6.54. The summed E-state index contributed by atoms with van der Waals surface area (Å²) in [6.07, 6.45) is 1.97. The molecule has 0 saturated carbocycles. The molecule has 1 aromatic rings. The Balaban J connectivity index is 1.84. The van der Waals surface area contributed by atoms with Gasteiger partial charge in [-0.05, 0) is 22.4 Å². The summed E-state index contributed by atoms with van der Waals surface area (Å²) in [4.78, 5) is 16.2. The first-order chi connectivity index (χ1) is 9.10. The monoisotopic (exact) mass is 330 g/mol.